The van der Waals surface area contributed by atoms with Gasteiger partial charge in [0.25, 0.3) is 0 Å². The number of H-pyrrole nitrogens is 1. The summed E-state index contributed by atoms with van der Waals surface area (Å²) in [7, 11) is 0. The summed E-state index contributed by atoms with van der Waals surface area (Å²) in [5.41, 5.74) is 0.349. The average Bonchev–Trinajstić information content (AvgIpc) is 2.94. The fourth-order valence-corrected chi connectivity index (χ4v) is 2.69. The van der Waals surface area contributed by atoms with Gasteiger partial charge in [0.2, 0.25) is 5.88 Å². The van der Waals surface area contributed by atoms with Gasteiger partial charge in [0.15, 0.2) is 5.69 Å². The van der Waals surface area contributed by atoms with Crippen LogP contribution in [-0.2, 0) is 9.59 Å². The van der Waals surface area contributed by atoms with Crippen LogP contribution in [0.2, 0.25) is 0 Å². The number of anilines is 1. The van der Waals surface area contributed by atoms with Crippen molar-refractivity contribution in [1.82, 2.24) is 4.98 Å². The Hall–Kier alpha value is -3.53. The maximum Gasteiger partial charge on any atom is 0.353 e. The minimum absolute atomic E-state index is 0.00149. The standard InChI is InChI=1S/C17H11BrN4O5/c18-8-5-6-12-10(7-8)13(14(23)19-12)21-22-16(25)15(24)20-11-4-2-1-3-9(11)17(26)27/h1-7,19,23H,(H,20,24)(H,26,27). The van der Waals surface area contributed by atoms with E-state index in [1.165, 1.54) is 24.3 Å². The minimum Gasteiger partial charge on any atom is -0.493 e. The second kappa shape index (κ2) is 7.38. The maximum absolute atomic E-state index is 12.0. The Morgan fingerprint density at radius 1 is 1.11 bits per heavy atom. The van der Waals surface area contributed by atoms with E-state index in [1.807, 2.05) is 0 Å². The van der Waals surface area contributed by atoms with Crippen molar-refractivity contribution < 1.29 is 24.6 Å². The molecule has 0 spiro atoms. The van der Waals surface area contributed by atoms with Crippen LogP contribution in [0.25, 0.3) is 10.9 Å². The molecule has 0 aliphatic carbocycles. The summed E-state index contributed by atoms with van der Waals surface area (Å²) in [4.78, 5) is 37.7. The Morgan fingerprint density at radius 2 is 1.85 bits per heavy atom. The monoisotopic (exact) mass is 430 g/mol. The van der Waals surface area contributed by atoms with E-state index in [0.717, 1.165) is 4.47 Å². The molecule has 27 heavy (non-hydrogen) atoms. The van der Waals surface area contributed by atoms with Crippen molar-refractivity contribution in [2.75, 3.05) is 5.32 Å². The molecule has 3 aromatic rings. The number of aromatic nitrogens is 1. The van der Waals surface area contributed by atoms with E-state index in [-0.39, 0.29) is 22.8 Å². The normalized spacial score (nSPS) is 11.0. The lowest BCUT2D eigenvalue weighted by Crippen LogP contribution is -2.22. The van der Waals surface area contributed by atoms with Gasteiger partial charge in [0.1, 0.15) is 0 Å². The van der Waals surface area contributed by atoms with Crippen LogP contribution in [0, 0.1) is 0 Å². The van der Waals surface area contributed by atoms with Crippen LogP contribution < -0.4 is 5.32 Å². The molecule has 0 atom stereocenters. The molecule has 0 bridgehead atoms. The number of aromatic amines is 1. The number of rotatable bonds is 3. The molecule has 0 aliphatic heterocycles. The molecule has 10 heteroatoms. The van der Waals surface area contributed by atoms with Crippen LogP contribution >= 0.6 is 15.9 Å². The Morgan fingerprint density at radius 3 is 2.59 bits per heavy atom. The summed E-state index contributed by atoms with van der Waals surface area (Å²) in [5.74, 6) is -3.97. The number of nitrogens with zero attached hydrogens (tertiary/aromatic N) is 2. The number of carbonyl (C=O) groups excluding carboxylic acids is 2. The molecule has 0 radical (unpaired) electrons. The lowest BCUT2D eigenvalue weighted by atomic mass is 10.2. The highest BCUT2D eigenvalue weighted by atomic mass is 79.9. The number of azo groups is 1. The first kappa shape index (κ1) is 18.3. The van der Waals surface area contributed by atoms with Crippen molar-refractivity contribution in [1.29, 1.82) is 0 Å². The molecule has 0 aliphatic rings. The number of hydrogen-bond acceptors (Lipinski definition) is 5. The van der Waals surface area contributed by atoms with Crippen LogP contribution in [0.1, 0.15) is 10.4 Å². The summed E-state index contributed by atoms with van der Waals surface area (Å²) in [5, 5.41) is 28.6. The largest absolute Gasteiger partial charge is 0.493 e. The molecule has 0 unspecified atom stereocenters. The molecule has 4 N–H and O–H groups in total. The number of halogens is 1. The molecule has 9 nitrogen and oxygen atoms in total. The van der Waals surface area contributed by atoms with Gasteiger partial charge in [-0.1, -0.05) is 28.1 Å². The first-order chi connectivity index (χ1) is 12.9. The van der Waals surface area contributed by atoms with Crippen molar-refractivity contribution >= 4 is 56.0 Å². The number of carboxylic acid groups (broad SMARTS) is 1. The molecule has 1 heterocycles. The Kier molecular flexibility index (Phi) is 4.99. The molecule has 2 aromatic carbocycles. The van der Waals surface area contributed by atoms with Crippen molar-refractivity contribution in [2.24, 2.45) is 10.2 Å². The Labute approximate surface area is 159 Å². The van der Waals surface area contributed by atoms with Gasteiger partial charge in [-0.2, -0.15) is 0 Å². The number of aromatic carboxylic acids is 1. The quantitative estimate of drug-likeness (QED) is 0.370. The van der Waals surface area contributed by atoms with Crippen LogP contribution in [0.5, 0.6) is 5.88 Å². The highest BCUT2D eigenvalue weighted by Gasteiger charge is 2.18. The van der Waals surface area contributed by atoms with Crippen LogP contribution in [0.15, 0.2) is 57.2 Å². The van der Waals surface area contributed by atoms with Crippen molar-refractivity contribution in [3.8, 4) is 5.88 Å². The van der Waals surface area contributed by atoms with Gasteiger partial charge in [0, 0.05) is 9.86 Å². The summed E-state index contributed by atoms with van der Waals surface area (Å²) >= 11 is 3.29. The van der Waals surface area contributed by atoms with Crippen LogP contribution in [0.4, 0.5) is 11.4 Å². The van der Waals surface area contributed by atoms with E-state index in [4.69, 9.17) is 5.11 Å². The molecule has 0 saturated heterocycles. The fraction of sp³-hybridized carbons (Fsp3) is 0. The first-order valence-electron chi connectivity index (χ1n) is 7.46. The molecule has 1 aromatic heterocycles. The van der Waals surface area contributed by atoms with Gasteiger partial charge in [0.05, 0.1) is 16.8 Å². The van der Waals surface area contributed by atoms with Crippen LogP contribution in [0.3, 0.4) is 0 Å². The van der Waals surface area contributed by atoms with Crippen molar-refractivity contribution in [2.45, 2.75) is 0 Å². The highest BCUT2D eigenvalue weighted by molar-refractivity contribution is 9.10. The third-order valence-electron chi connectivity index (χ3n) is 3.55. The second-order valence-corrected chi connectivity index (χ2v) is 6.24. The zero-order valence-electron chi connectivity index (χ0n) is 13.4. The molecule has 0 saturated carbocycles. The van der Waals surface area contributed by atoms with E-state index in [1.54, 1.807) is 18.2 Å². The molecule has 2 amide bonds. The average molecular weight is 431 g/mol. The predicted molar refractivity (Wildman–Crippen MR) is 99.2 cm³/mol. The number of nitrogens with one attached hydrogen (secondary N) is 2. The summed E-state index contributed by atoms with van der Waals surface area (Å²) in [6, 6.07) is 10.7. The predicted octanol–water partition coefficient (Wildman–Crippen LogP) is 3.58. The lowest BCUT2D eigenvalue weighted by Gasteiger charge is -2.05. The van der Waals surface area contributed by atoms with E-state index >= 15 is 0 Å². The number of benzene rings is 2. The maximum atomic E-state index is 12.0. The number of para-hydroxylation sites is 1. The number of amides is 2. The number of carboxylic acids is 1. The van der Waals surface area contributed by atoms with E-state index in [0.29, 0.717) is 10.9 Å². The third kappa shape index (κ3) is 3.85. The van der Waals surface area contributed by atoms with Gasteiger partial charge in [-0.05, 0) is 30.3 Å². The van der Waals surface area contributed by atoms with E-state index < -0.39 is 17.8 Å². The third-order valence-corrected chi connectivity index (χ3v) is 4.05. The van der Waals surface area contributed by atoms with Gasteiger partial charge < -0.3 is 20.5 Å². The zero-order chi connectivity index (χ0) is 19.6. The molecule has 0 fully saturated rings. The Bertz CT molecular complexity index is 1110. The number of hydrogen-bond donors (Lipinski definition) is 4. The van der Waals surface area contributed by atoms with E-state index in [2.05, 4.69) is 36.5 Å². The van der Waals surface area contributed by atoms with E-state index in [9.17, 15) is 19.5 Å². The Balaban J connectivity index is 1.82. The lowest BCUT2D eigenvalue weighted by molar-refractivity contribution is -0.134. The highest BCUT2D eigenvalue weighted by Crippen LogP contribution is 2.36. The molecule has 136 valence electrons. The summed E-state index contributed by atoms with van der Waals surface area (Å²) < 4.78 is 0.722. The zero-order valence-corrected chi connectivity index (χ0v) is 15.0. The van der Waals surface area contributed by atoms with Crippen LogP contribution in [-0.4, -0.2) is 33.0 Å². The number of aromatic hydroxyl groups is 1. The number of fused-ring (bicyclic) bond motifs is 1. The first-order valence-corrected chi connectivity index (χ1v) is 8.25. The summed E-state index contributed by atoms with van der Waals surface area (Å²) in [6.07, 6.45) is 0. The van der Waals surface area contributed by atoms with Gasteiger partial charge in [-0.15, -0.1) is 10.2 Å². The van der Waals surface area contributed by atoms with Gasteiger partial charge in [-0.3, -0.25) is 9.59 Å². The molecule has 3 rings (SSSR count). The number of carbonyl (C=O) groups is 3. The molecular weight excluding hydrogens is 420 g/mol. The topological polar surface area (TPSA) is 144 Å². The second-order valence-electron chi connectivity index (χ2n) is 5.32. The van der Waals surface area contributed by atoms with Gasteiger partial charge in [-0.25, -0.2) is 4.79 Å². The van der Waals surface area contributed by atoms with Gasteiger partial charge >= 0.3 is 17.8 Å². The fourth-order valence-electron chi connectivity index (χ4n) is 2.33. The van der Waals surface area contributed by atoms with Crippen molar-refractivity contribution in [3.05, 3.63) is 52.5 Å². The SMILES string of the molecule is O=C(N=Nc1c(O)[nH]c2ccc(Br)cc12)C(=O)Nc1ccccc1C(=O)O. The minimum atomic E-state index is -1.26. The summed E-state index contributed by atoms with van der Waals surface area (Å²) in [6.45, 7) is 0. The smallest absolute Gasteiger partial charge is 0.353 e. The van der Waals surface area contributed by atoms with Crippen molar-refractivity contribution in [3.63, 3.8) is 0 Å². The molecular formula is C17H11BrN4O5.